The second-order valence-corrected chi connectivity index (χ2v) is 14.4. The summed E-state index contributed by atoms with van der Waals surface area (Å²) in [4.78, 5) is 42.2. The molecular weight excluding hydrogens is 516 g/mol. The maximum Gasteiger partial charge on any atom is 0.265 e. The molecule has 222 valence electrons. The molecule has 4 bridgehead atoms. The summed E-state index contributed by atoms with van der Waals surface area (Å²) in [5.74, 6) is 1.12. The van der Waals surface area contributed by atoms with Crippen molar-refractivity contribution in [2.24, 2.45) is 16.7 Å². The van der Waals surface area contributed by atoms with Crippen LogP contribution >= 0.6 is 0 Å². The monoisotopic (exact) mass is 562 g/mol. The van der Waals surface area contributed by atoms with E-state index in [1.807, 2.05) is 6.07 Å². The SMILES string of the molecule is Cc1nc2cccc(OCCCCCCCNC34CC5C[C@@](C)(C3)C[C@](C)(C5)C4)c2c(=O)n1[C@H]1CCC(=O)NC1=O. The van der Waals surface area contributed by atoms with Crippen LogP contribution < -0.4 is 20.9 Å². The second-order valence-electron chi connectivity index (χ2n) is 14.4. The number of unbranched alkanes of at least 4 members (excludes halogenated alkanes) is 4. The van der Waals surface area contributed by atoms with E-state index in [2.05, 4.69) is 29.5 Å². The van der Waals surface area contributed by atoms with Crippen molar-refractivity contribution in [3.8, 4) is 5.75 Å². The minimum Gasteiger partial charge on any atom is -0.493 e. The molecule has 2 heterocycles. The van der Waals surface area contributed by atoms with E-state index in [1.165, 1.54) is 62.4 Å². The Bertz CT molecular complexity index is 1380. The molecule has 8 heteroatoms. The van der Waals surface area contributed by atoms with E-state index in [1.54, 1.807) is 19.1 Å². The number of amides is 2. The van der Waals surface area contributed by atoms with Crippen molar-refractivity contribution in [1.82, 2.24) is 20.2 Å². The molecule has 2 amide bonds. The average Bonchev–Trinajstić information content (AvgIpc) is 2.86. The number of nitrogens with zero attached hydrogens (tertiary/aromatic N) is 2. The third kappa shape index (κ3) is 5.69. The molecule has 8 nitrogen and oxygen atoms in total. The molecular formula is C33H46N4O4. The fourth-order valence-electron chi connectivity index (χ4n) is 9.68. The van der Waals surface area contributed by atoms with Crippen LogP contribution in [-0.4, -0.2) is 40.1 Å². The Balaban J connectivity index is 0.974. The molecule has 1 saturated heterocycles. The van der Waals surface area contributed by atoms with Gasteiger partial charge < -0.3 is 10.1 Å². The van der Waals surface area contributed by atoms with Gasteiger partial charge in [-0.15, -0.1) is 0 Å². The van der Waals surface area contributed by atoms with Gasteiger partial charge >= 0.3 is 0 Å². The van der Waals surface area contributed by atoms with Gasteiger partial charge in [-0.05, 0) is 100 Å². The van der Waals surface area contributed by atoms with Crippen LogP contribution in [0.3, 0.4) is 0 Å². The van der Waals surface area contributed by atoms with Gasteiger partial charge in [-0.3, -0.25) is 24.3 Å². The largest absolute Gasteiger partial charge is 0.493 e. The lowest BCUT2D eigenvalue weighted by molar-refractivity contribution is -0.135. The van der Waals surface area contributed by atoms with Crippen LogP contribution in [0.25, 0.3) is 10.9 Å². The number of rotatable bonds is 11. The Labute approximate surface area is 243 Å². The molecule has 41 heavy (non-hydrogen) atoms. The topological polar surface area (TPSA) is 102 Å². The number of fused-ring (bicyclic) bond motifs is 1. The standard InChI is InChI=1S/C33H46N4O4/c1-22-35-24-10-9-11-26(28(24)30(40)37(22)25-12-13-27(38)36-29(25)39)41-15-8-6-4-5-7-14-34-33-18-23-16-31(2,20-33)19-32(3,17-23)21-33/h9-11,23,25,34H,4-8,12-21H2,1-3H3,(H,36,38,39)/t23?,25-,31-,32+,33?/m0/s1. The van der Waals surface area contributed by atoms with Gasteiger partial charge in [0.1, 0.15) is 23.0 Å². The van der Waals surface area contributed by atoms with E-state index in [9.17, 15) is 14.4 Å². The first-order valence-electron chi connectivity index (χ1n) is 15.8. The van der Waals surface area contributed by atoms with E-state index < -0.39 is 11.9 Å². The highest BCUT2D eigenvalue weighted by molar-refractivity contribution is 5.99. The lowest BCUT2D eigenvalue weighted by atomic mass is 9.43. The first kappa shape index (κ1) is 28.4. The minimum absolute atomic E-state index is 0.203. The Hall–Kier alpha value is -2.74. The number of benzene rings is 1. The van der Waals surface area contributed by atoms with E-state index in [0.717, 1.165) is 25.3 Å². The zero-order valence-corrected chi connectivity index (χ0v) is 25.0. The van der Waals surface area contributed by atoms with Gasteiger partial charge in [-0.25, -0.2) is 4.98 Å². The Morgan fingerprint density at radius 3 is 2.46 bits per heavy atom. The lowest BCUT2D eigenvalue weighted by Crippen LogP contribution is -2.64. The third-order valence-corrected chi connectivity index (χ3v) is 10.3. The van der Waals surface area contributed by atoms with Crippen molar-refractivity contribution in [3.05, 3.63) is 34.4 Å². The molecule has 4 aliphatic carbocycles. The molecule has 0 spiro atoms. The van der Waals surface area contributed by atoms with Crippen molar-refractivity contribution in [1.29, 1.82) is 0 Å². The minimum atomic E-state index is -0.742. The van der Waals surface area contributed by atoms with Gasteiger partial charge in [0, 0.05) is 12.0 Å². The quantitative estimate of drug-likeness (QED) is 0.283. The van der Waals surface area contributed by atoms with Gasteiger partial charge in [0.2, 0.25) is 11.8 Å². The molecule has 5 atom stereocenters. The summed E-state index contributed by atoms with van der Waals surface area (Å²) < 4.78 is 7.50. The summed E-state index contributed by atoms with van der Waals surface area (Å²) in [7, 11) is 0. The number of aromatic nitrogens is 2. The highest BCUT2D eigenvalue weighted by atomic mass is 16.5. The molecule has 2 N–H and O–H groups in total. The number of carbonyl (C=O) groups excluding carboxylic acids is 2. The number of carbonyl (C=O) groups is 2. The van der Waals surface area contributed by atoms with E-state index in [-0.39, 0.29) is 24.3 Å². The van der Waals surface area contributed by atoms with Crippen LogP contribution in [0.1, 0.15) is 109 Å². The van der Waals surface area contributed by atoms with Gasteiger partial charge in [-0.1, -0.05) is 39.2 Å². The summed E-state index contributed by atoms with van der Waals surface area (Å²) >= 11 is 0. The third-order valence-electron chi connectivity index (χ3n) is 10.3. The number of hydrogen-bond acceptors (Lipinski definition) is 6. The Morgan fingerprint density at radius 2 is 1.73 bits per heavy atom. The van der Waals surface area contributed by atoms with Crippen molar-refractivity contribution in [2.45, 2.75) is 116 Å². The lowest BCUT2D eigenvalue weighted by Gasteiger charge is -2.65. The number of hydrogen-bond donors (Lipinski definition) is 2. The van der Waals surface area contributed by atoms with Gasteiger partial charge in [0.15, 0.2) is 0 Å². The summed E-state index contributed by atoms with van der Waals surface area (Å²) in [6.45, 7) is 8.45. The normalized spacial score (nSPS) is 32.5. The predicted octanol–water partition coefficient (Wildman–Crippen LogP) is 5.35. The second kappa shape index (κ2) is 10.8. The predicted molar refractivity (Wildman–Crippen MR) is 159 cm³/mol. The summed E-state index contributed by atoms with van der Waals surface area (Å²) in [6, 6.07) is 4.70. The summed E-state index contributed by atoms with van der Waals surface area (Å²) in [6.07, 6.45) is 14.5. The van der Waals surface area contributed by atoms with Crippen molar-refractivity contribution in [2.75, 3.05) is 13.2 Å². The Kier molecular flexibility index (Phi) is 7.50. The average molecular weight is 563 g/mol. The van der Waals surface area contributed by atoms with Gasteiger partial charge in [0.05, 0.1) is 12.1 Å². The highest BCUT2D eigenvalue weighted by Crippen LogP contribution is 2.66. The van der Waals surface area contributed by atoms with Crippen LogP contribution in [0, 0.1) is 23.7 Å². The van der Waals surface area contributed by atoms with Gasteiger partial charge in [-0.2, -0.15) is 0 Å². The Morgan fingerprint density at radius 1 is 1.00 bits per heavy atom. The number of imide groups is 1. The maximum atomic E-state index is 13.5. The van der Waals surface area contributed by atoms with Crippen molar-refractivity contribution in [3.63, 3.8) is 0 Å². The highest BCUT2D eigenvalue weighted by Gasteiger charge is 2.59. The molecule has 1 aliphatic heterocycles. The molecule has 2 aromatic rings. The van der Waals surface area contributed by atoms with E-state index in [0.29, 0.717) is 45.5 Å². The molecule has 4 saturated carbocycles. The smallest absolute Gasteiger partial charge is 0.265 e. The number of nitrogens with one attached hydrogen (secondary N) is 2. The van der Waals surface area contributed by atoms with Crippen LogP contribution in [0.2, 0.25) is 0 Å². The van der Waals surface area contributed by atoms with E-state index >= 15 is 0 Å². The first-order valence-corrected chi connectivity index (χ1v) is 15.8. The van der Waals surface area contributed by atoms with Crippen LogP contribution in [0.5, 0.6) is 5.75 Å². The van der Waals surface area contributed by atoms with Crippen LogP contribution in [0.15, 0.2) is 23.0 Å². The molecule has 5 fully saturated rings. The molecule has 1 aromatic carbocycles. The van der Waals surface area contributed by atoms with Crippen molar-refractivity contribution < 1.29 is 14.3 Å². The maximum absolute atomic E-state index is 13.5. The zero-order chi connectivity index (χ0) is 28.8. The van der Waals surface area contributed by atoms with Crippen LogP contribution in [0.4, 0.5) is 0 Å². The van der Waals surface area contributed by atoms with E-state index in [4.69, 9.17) is 4.74 Å². The van der Waals surface area contributed by atoms with Crippen LogP contribution in [-0.2, 0) is 9.59 Å². The fourth-order valence-corrected chi connectivity index (χ4v) is 9.68. The summed E-state index contributed by atoms with van der Waals surface area (Å²) in [5, 5.41) is 6.79. The fraction of sp³-hybridized carbons (Fsp3) is 0.697. The molecule has 5 aliphatic rings. The number of piperidine rings is 1. The van der Waals surface area contributed by atoms with Crippen molar-refractivity contribution >= 4 is 22.7 Å². The number of ether oxygens (including phenoxy) is 1. The molecule has 7 rings (SSSR count). The first-order chi connectivity index (χ1) is 19.6. The molecule has 0 radical (unpaired) electrons. The van der Waals surface area contributed by atoms with Gasteiger partial charge in [0.25, 0.3) is 5.56 Å². The summed E-state index contributed by atoms with van der Waals surface area (Å²) in [5.41, 5.74) is 1.76. The molecule has 1 aromatic heterocycles. The number of aryl methyl sites for hydroxylation is 1. The zero-order valence-electron chi connectivity index (χ0n) is 25.0. The molecule has 2 unspecified atom stereocenters.